The molecule has 0 aliphatic heterocycles. The Labute approximate surface area is 111 Å². The van der Waals surface area contributed by atoms with Gasteiger partial charge < -0.3 is 5.32 Å². The predicted octanol–water partition coefficient (Wildman–Crippen LogP) is 2.52. The van der Waals surface area contributed by atoms with Crippen molar-refractivity contribution in [3.8, 4) is 0 Å². The lowest BCUT2D eigenvalue weighted by atomic mass is 10.4. The van der Waals surface area contributed by atoms with Gasteiger partial charge in [-0.15, -0.1) is 0 Å². The van der Waals surface area contributed by atoms with Gasteiger partial charge in [0.2, 0.25) is 0 Å². The Morgan fingerprint density at radius 3 is 2.35 bits per heavy atom. The zero-order chi connectivity index (χ0) is 12.5. The molecule has 0 spiro atoms. The minimum Gasteiger partial charge on any atom is -0.313 e. The van der Waals surface area contributed by atoms with Crippen LogP contribution in [-0.2, 0) is 9.84 Å². The van der Waals surface area contributed by atoms with E-state index in [2.05, 4.69) is 5.32 Å². The van der Waals surface area contributed by atoms with E-state index < -0.39 is 9.84 Å². The summed E-state index contributed by atoms with van der Waals surface area (Å²) in [5.74, 6) is 0.0208. The highest BCUT2D eigenvalue weighted by molar-refractivity contribution is 7.91. The zero-order valence-electron chi connectivity index (χ0n) is 9.12. The molecular weight excluding hydrogens is 281 g/mol. The van der Waals surface area contributed by atoms with Gasteiger partial charge in [0.1, 0.15) is 4.90 Å². The van der Waals surface area contributed by atoms with Crippen LogP contribution in [0.3, 0.4) is 0 Å². The van der Waals surface area contributed by atoms with Crippen LogP contribution in [0, 0.1) is 0 Å². The average Bonchev–Trinajstić information content (AvgIpc) is 3.00. The van der Waals surface area contributed by atoms with Gasteiger partial charge in [-0.05, 0) is 25.0 Å². The van der Waals surface area contributed by atoms with Crippen LogP contribution >= 0.6 is 23.2 Å². The first-order chi connectivity index (χ1) is 8.00. The maximum atomic E-state index is 12.1. The van der Waals surface area contributed by atoms with Crippen molar-refractivity contribution in [2.24, 2.45) is 0 Å². The fraction of sp³-hybridized carbons (Fsp3) is 0.455. The molecule has 0 aromatic heterocycles. The first kappa shape index (κ1) is 13.1. The van der Waals surface area contributed by atoms with Crippen LogP contribution in [0.2, 0.25) is 10.0 Å². The number of nitrogens with one attached hydrogen (secondary N) is 1. The predicted molar refractivity (Wildman–Crippen MR) is 69.5 cm³/mol. The highest BCUT2D eigenvalue weighted by atomic mass is 35.5. The van der Waals surface area contributed by atoms with Crippen molar-refractivity contribution in [1.29, 1.82) is 0 Å². The molecule has 1 aromatic rings. The molecule has 1 N–H and O–H groups in total. The number of sulfone groups is 1. The van der Waals surface area contributed by atoms with E-state index in [0.29, 0.717) is 12.6 Å². The fourth-order valence-electron chi connectivity index (χ4n) is 1.57. The van der Waals surface area contributed by atoms with E-state index >= 15 is 0 Å². The van der Waals surface area contributed by atoms with E-state index in [1.807, 2.05) is 0 Å². The number of hydrogen-bond donors (Lipinski definition) is 1. The number of halogens is 2. The summed E-state index contributed by atoms with van der Waals surface area (Å²) in [6, 6.07) is 5.20. The Balaban J connectivity index is 2.12. The third-order valence-corrected chi connectivity index (χ3v) is 5.27. The van der Waals surface area contributed by atoms with Gasteiger partial charge in [-0.1, -0.05) is 29.3 Å². The molecule has 1 aliphatic rings. The quantitative estimate of drug-likeness (QED) is 0.907. The molecule has 0 amide bonds. The monoisotopic (exact) mass is 293 g/mol. The molecule has 1 saturated carbocycles. The largest absolute Gasteiger partial charge is 0.313 e. The van der Waals surface area contributed by atoms with E-state index in [-0.39, 0.29) is 20.7 Å². The molecule has 17 heavy (non-hydrogen) atoms. The van der Waals surface area contributed by atoms with Crippen LogP contribution in [0.1, 0.15) is 12.8 Å². The molecule has 94 valence electrons. The van der Waals surface area contributed by atoms with Gasteiger partial charge in [0.05, 0.1) is 15.8 Å². The molecule has 1 fully saturated rings. The summed E-state index contributed by atoms with van der Waals surface area (Å²) < 4.78 is 24.1. The maximum absolute atomic E-state index is 12.1. The number of rotatable bonds is 5. The standard InChI is InChI=1S/C11H13Cl2NO2S/c12-9-2-1-3-10(13)11(9)17(15,16)7-6-14-8-4-5-8/h1-3,8,14H,4-7H2. The van der Waals surface area contributed by atoms with Gasteiger partial charge in [0.25, 0.3) is 0 Å². The molecule has 6 heteroatoms. The van der Waals surface area contributed by atoms with Crippen LogP contribution in [-0.4, -0.2) is 26.8 Å². The Hall–Kier alpha value is -0.290. The molecule has 0 radical (unpaired) electrons. The van der Waals surface area contributed by atoms with Gasteiger partial charge in [-0.2, -0.15) is 0 Å². The van der Waals surface area contributed by atoms with Crippen LogP contribution in [0.4, 0.5) is 0 Å². The zero-order valence-corrected chi connectivity index (χ0v) is 11.4. The molecule has 0 unspecified atom stereocenters. The first-order valence-electron chi connectivity index (χ1n) is 5.41. The van der Waals surface area contributed by atoms with Crippen molar-refractivity contribution in [1.82, 2.24) is 5.32 Å². The summed E-state index contributed by atoms with van der Waals surface area (Å²) in [7, 11) is -3.42. The lowest BCUT2D eigenvalue weighted by Gasteiger charge is -2.08. The molecule has 3 nitrogen and oxygen atoms in total. The molecule has 0 heterocycles. The van der Waals surface area contributed by atoms with Crippen LogP contribution in [0.15, 0.2) is 23.1 Å². The molecule has 1 aromatic carbocycles. The third-order valence-electron chi connectivity index (χ3n) is 2.61. The summed E-state index contributed by atoms with van der Waals surface area (Å²) in [5, 5.41) is 3.52. The third kappa shape index (κ3) is 3.35. The lowest BCUT2D eigenvalue weighted by Crippen LogP contribution is -2.25. The highest BCUT2D eigenvalue weighted by Gasteiger charge is 2.24. The Bertz CT molecular complexity index is 492. The molecule has 1 aliphatic carbocycles. The van der Waals surface area contributed by atoms with Crippen molar-refractivity contribution >= 4 is 33.0 Å². The van der Waals surface area contributed by atoms with E-state index in [9.17, 15) is 8.42 Å². The fourth-order valence-corrected chi connectivity index (χ4v) is 3.99. The van der Waals surface area contributed by atoms with Crippen molar-refractivity contribution in [2.75, 3.05) is 12.3 Å². The Kier molecular flexibility index (Phi) is 3.98. The Morgan fingerprint density at radius 2 is 1.82 bits per heavy atom. The average molecular weight is 294 g/mol. The van der Waals surface area contributed by atoms with Crippen molar-refractivity contribution in [3.63, 3.8) is 0 Å². The molecule has 0 atom stereocenters. The highest BCUT2D eigenvalue weighted by Crippen LogP contribution is 2.29. The van der Waals surface area contributed by atoms with Crippen molar-refractivity contribution in [2.45, 2.75) is 23.8 Å². The number of hydrogen-bond acceptors (Lipinski definition) is 3. The summed E-state index contributed by atoms with van der Waals surface area (Å²) in [6.07, 6.45) is 2.26. The summed E-state index contributed by atoms with van der Waals surface area (Å²) in [5.41, 5.74) is 0. The van der Waals surface area contributed by atoms with Crippen LogP contribution in [0.25, 0.3) is 0 Å². The van der Waals surface area contributed by atoms with Gasteiger partial charge in [0, 0.05) is 12.6 Å². The van der Waals surface area contributed by atoms with Crippen LogP contribution in [0.5, 0.6) is 0 Å². The SMILES string of the molecule is O=S(=O)(CCNC1CC1)c1c(Cl)cccc1Cl. The summed E-state index contributed by atoms with van der Waals surface area (Å²) >= 11 is 11.8. The topological polar surface area (TPSA) is 46.2 Å². The van der Waals surface area contributed by atoms with E-state index in [4.69, 9.17) is 23.2 Å². The summed E-state index contributed by atoms with van der Waals surface area (Å²) in [6.45, 7) is 0.439. The maximum Gasteiger partial charge on any atom is 0.182 e. The minimum absolute atomic E-state index is 0.0208. The lowest BCUT2D eigenvalue weighted by molar-refractivity contribution is 0.590. The van der Waals surface area contributed by atoms with E-state index in [1.54, 1.807) is 6.07 Å². The second kappa shape index (κ2) is 5.14. The molecule has 0 saturated heterocycles. The smallest absolute Gasteiger partial charge is 0.182 e. The normalized spacial score (nSPS) is 16.1. The second-order valence-electron chi connectivity index (χ2n) is 4.10. The molecule has 0 bridgehead atoms. The number of benzene rings is 1. The van der Waals surface area contributed by atoms with E-state index in [0.717, 1.165) is 12.8 Å². The van der Waals surface area contributed by atoms with Crippen LogP contribution < -0.4 is 5.32 Å². The first-order valence-corrected chi connectivity index (χ1v) is 7.82. The second-order valence-corrected chi connectivity index (χ2v) is 6.96. The summed E-state index contributed by atoms with van der Waals surface area (Å²) in [4.78, 5) is 0.0425. The minimum atomic E-state index is -3.42. The van der Waals surface area contributed by atoms with Gasteiger partial charge in [-0.25, -0.2) is 8.42 Å². The van der Waals surface area contributed by atoms with Gasteiger partial charge >= 0.3 is 0 Å². The Morgan fingerprint density at radius 1 is 1.24 bits per heavy atom. The van der Waals surface area contributed by atoms with E-state index in [1.165, 1.54) is 12.1 Å². The molecule has 2 rings (SSSR count). The van der Waals surface area contributed by atoms with Gasteiger partial charge in [0.15, 0.2) is 9.84 Å². The van der Waals surface area contributed by atoms with Crippen molar-refractivity contribution < 1.29 is 8.42 Å². The van der Waals surface area contributed by atoms with Crippen molar-refractivity contribution in [3.05, 3.63) is 28.2 Å². The van der Waals surface area contributed by atoms with Gasteiger partial charge in [-0.3, -0.25) is 0 Å². The molecular formula is C11H13Cl2NO2S.